The highest BCUT2D eigenvalue weighted by molar-refractivity contribution is 7.91. The van der Waals surface area contributed by atoms with Gasteiger partial charge >= 0.3 is 0 Å². The number of unbranched alkanes of at least 4 members (excludes halogenated alkanes) is 2. The van der Waals surface area contributed by atoms with Crippen LogP contribution in [0.25, 0.3) is 0 Å². The Labute approximate surface area is 132 Å². The monoisotopic (exact) mass is 334 g/mol. The average molecular weight is 335 g/mol. The number of rotatable bonds is 12. The van der Waals surface area contributed by atoms with Crippen LogP contribution < -0.4 is 10.0 Å². The van der Waals surface area contributed by atoms with Crippen molar-refractivity contribution in [3.05, 3.63) is 17.0 Å². The number of methoxy groups -OCH3 is 1. The first-order valence-electron chi connectivity index (χ1n) is 7.37. The van der Waals surface area contributed by atoms with E-state index in [1.807, 2.05) is 5.38 Å². The molecule has 0 radical (unpaired) electrons. The SMILES string of the molecule is CCCNCc1csc(S(=O)(=O)NCCCCCOC)c1. The van der Waals surface area contributed by atoms with Gasteiger partial charge < -0.3 is 10.1 Å². The fraction of sp³-hybridized carbons (Fsp3) is 0.714. The van der Waals surface area contributed by atoms with Crippen LogP contribution in [0.2, 0.25) is 0 Å². The van der Waals surface area contributed by atoms with Crippen LogP contribution >= 0.6 is 11.3 Å². The van der Waals surface area contributed by atoms with Crippen molar-refractivity contribution in [1.29, 1.82) is 0 Å². The fourth-order valence-corrected chi connectivity index (χ4v) is 4.15. The Morgan fingerprint density at radius 1 is 1.24 bits per heavy atom. The minimum Gasteiger partial charge on any atom is -0.385 e. The molecule has 0 aromatic carbocycles. The maximum absolute atomic E-state index is 12.1. The Balaban J connectivity index is 2.36. The van der Waals surface area contributed by atoms with E-state index in [9.17, 15) is 8.42 Å². The van der Waals surface area contributed by atoms with Gasteiger partial charge in [-0.1, -0.05) is 6.92 Å². The van der Waals surface area contributed by atoms with Gasteiger partial charge in [0.25, 0.3) is 0 Å². The second-order valence-corrected chi connectivity index (χ2v) is 7.81. The van der Waals surface area contributed by atoms with Gasteiger partial charge in [0.05, 0.1) is 0 Å². The fourth-order valence-electron chi connectivity index (χ4n) is 1.82. The maximum atomic E-state index is 12.1. The van der Waals surface area contributed by atoms with E-state index in [1.165, 1.54) is 11.3 Å². The summed E-state index contributed by atoms with van der Waals surface area (Å²) in [6.45, 7) is 4.97. The molecule has 1 aromatic rings. The minimum atomic E-state index is -3.35. The molecule has 122 valence electrons. The van der Waals surface area contributed by atoms with Crippen LogP contribution in [0, 0.1) is 0 Å². The minimum absolute atomic E-state index is 0.396. The van der Waals surface area contributed by atoms with E-state index < -0.39 is 10.0 Å². The Kier molecular flexibility index (Phi) is 9.10. The summed E-state index contributed by atoms with van der Waals surface area (Å²) < 4.78 is 32.2. The van der Waals surface area contributed by atoms with Gasteiger partial charge in [-0.3, -0.25) is 0 Å². The van der Waals surface area contributed by atoms with Crippen molar-refractivity contribution in [3.8, 4) is 0 Å². The van der Waals surface area contributed by atoms with Crippen molar-refractivity contribution in [3.63, 3.8) is 0 Å². The first-order valence-corrected chi connectivity index (χ1v) is 9.73. The number of sulfonamides is 1. The second-order valence-electron chi connectivity index (χ2n) is 4.90. The second kappa shape index (κ2) is 10.3. The van der Waals surface area contributed by atoms with Gasteiger partial charge in [0, 0.05) is 26.8 Å². The lowest BCUT2D eigenvalue weighted by atomic mass is 10.2. The molecule has 0 aliphatic carbocycles. The molecule has 0 unspecified atom stereocenters. The van der Waals surface area contributed by atoms with E-state index in [0.29, 0.717) is 10.8 Å². The third-order valence-corrected chi connectivity index (χ3v) is 5.92. The third-order valence-electron chi connectivity index (χ3n) is 2.97. The molecular weight excluding hydrogens is 308 g/mol. The van der Waals surface area contributed by atoms with Crippen LogP contribution in [-0.2, 0) is 21.3 Å². The van der Waals surface area contributed by atoms with Crippen LogP contribution in [-0.4, -0.2) is 35.2 Å². The highest BCUT2D eigenvalue weighted by Crippen LogP contribution is 2.20. The van der Waals surface area contributed by atoms with Crippen molar-refractivity contribution in [1.82, 2.24) is 10.0 Å². The van der Waals surface area contributed by atoms with E-state index >= 15 is 0 Å². The lowest BCUT2D eigenvalue weighted by Crippen LogP contribution is -2.24. The summed E-state index contributed by atoms with van der Waals surface area (Å²) in [5.41, 5.74) is 1.02. The van der Waals surface area contributed by atoms with Crippen molar-refractivity contribution in [2.45, 2.75) is 43.4 Å². The summed E-state index contributed by atoms with van der Waals surface area (Å²) in [5.74, 6) is 0. The summed E-state index contributed by atoms with van der Waals surface area (Å²) in [6, 6.07) is 1.75. The molecule has 7 heteroatoms. The summed E-state index contributed by atoms with van der Waals surface area (Å²) in [6.07, 6.45) is 3.83. The molecule has 0 aliphatic heterocycles. The highest BCUT2D eigenvalue weighted by atomic mass is 32.2. The van der Waals surface area contributed by atoms with Crippen LogP contribution in [0.3, 0.4) is 0 Å². The zero-order chi connectivity index (χ0) is 15.6. The Hall–Kier alpha value is -0.470. The summed E-state index contributed by atoms with van der Waals surface area (Å²) in [5, 5.41) is 5.17. The molecule has 1 heterocycles. The van der Waals surface area contributed by atoms with Crippen molar-refractivity contribution >= 4 is 21.4 Å². The summed E-state index contributed by atoms with van der Waals surface area (Å²) in [7, 11) is -1.68. The normalized spacial score (nSPS) is 11.9. The van der Waals surface area contributed by atoms with Crippen LogP contribution in [0.15, 0.2) is 15.7 Å². The van der Waals surface area contributed by atoms with Crippen molar-refractivity contribution < 1.29 is 13.2 Å². The number of nitrogens with one attached hydrogen (secondary N) is 2. The largest absolute Gasteiger partial charge is 0.385 e. The average Bonchev–Trinajstić information content (AvgIpc) is 2.93. The van der Waals surface area contributed by atoms with E-state index in [0.717, 1.165) is 50.9 Å². The van der Waals surface area contributed by atoms with Crippen molar-refractivity contribution in [2.75, 3.05) is 26.8 Å². The molecule has 0 bridgehead atoms. The molecule has 0 saturated carbocycles. The van der Waals surface area contributed by atoms with Crippen LogP contribution in [0.4, 0.5) is 0 Å². The molecular formula is C14H26N2O3S2. The zero-order valence-corrected chi connectivity index (χ0v) is 14.5. The molecule has 1 aromatic heterocycles. The Bertz CT molecular complexity index is 486. The van der Waals surface area contributed by atoms with E-state index in [1.54, 1.807) is 13.2 Å². The lowest BCUT2D eigenvalue weighted by molar-refractivity contribution is 0.192. The smallest absolute Gasteiger partial charge is 0.250 e. The first kappa shape index (κ1) is 18.6. The quantitative estimate of drug-likeness (QED) is 0.576. The molecule has 21 heavy (non-hydrogen) atoms. The zero-order valence-electron chi connectivity index (χ0n) is 12.9. The van der Waals surface area contributed by atoms with Gasteiger partial charge in [-0.25, -0.2) is 13.1 Å². The van der Waals surface area contributed by atoms with Gasteiger partial charge in [-0.15, -0.1) is 11.3 Å². The number of ether oxygens (including phenoxy) is 1. The highest BCUT2D eigenvalue weighted by Gasteiger charge is 2.15. The molecule has 0 fully saturated rings. The van der Waals surface area contributed by atoms with Gasteiger partial charge in [0.2, 0.25) is 10.0 Å². The molecule has 1 rings (SSSR count). The topological polar surface area (TPSA) is 67.4 Å². The first-order chi connectivity index (χ1) is 10.1. The molecule has 0 aliphatic rings. The molecule has 0 saturated heterocycles. The van der Waals surface area contributed by atoms with Gasteiger partial charge in [0.1, 0.15) is 4.21 Å². The molecule has 5 nitrogen and oxygen atoms in total. The Morgan fingerprint density at radius 3 is 2.76 bits per heavy atom. The Morgan fingerprint density at radius 2 is 2.05 bits per heavy atom. The van der Waals surface area contributed by atoms with Gasteiger partial charge in [-0.2, -0.15) is 0 Å². The lowest BCUT2D eigenvalue weighted by Gasteiger charge is -2.04. The van der Waals surface area contributed by atoms with Crippen LogP contribution in [0.5, 0.6) is 0 Å². The predicted octanol–water partition coefficient (Wildman–Crippen LogP) is 2.34. The molecule has 0 spiro atoms. The summed E-state index contributed by atoms with van der Waals surface area (Å²) in [4.78, 5) is 0. The molecule has 0 atom stereocenters. The van der Waals surface area contributed by atoms with Crippen molar-refractivity contribution in [2.24, 2.45) is 0 Å². The molecule has 0 amide bonds. The standard InChI is InChI=1S/C14H26N2O3S2/c1-3-7-15-11-13-10-14(20-12-13)21(17,18)16-8-5-4-6-9-19-2/h10,12,15-16H,3-9,11H2,1-2H3. The number of thiophene rings is 1. The van der Waals surface area contributed by atoms with Crippen LogP contribution in [0.1, 0.15) is 38.2 Å². The van der Waals surface area contributed by atoms with E-state index in [-0.39, 0.29) is 0 Å². The van der Waals surface area contributed by atoms with Gasteiger partial charge in [0.15, 0.2) is 0 Å². The predicted molar refractivity (Wildman–Crippen MR) is 87.2 cm³/mol. The van der Waals surface area contributed by atoms with E-state index in [2.05, 4.69) is 17.0 Å². The number of hydrogen-bond acceptors (Lipinski definition) is 5. The maximum Gasteiger partial charge on any atom is 0.250 e. The van der Waals surface area contributed by atoms with E-state index in [4.69, 9.17) is 4.74 Å². The third kappa shape index (κ3) is 7.37. The summed E-state index contributed by atoms with van der Waals surface area (Å²) >= 11 is 1.28. The number of hydrogen-bond donors (Lipinski definition) is 2. The van der Waals surface area contributed by atoms with Gasteiger partial charge in [-0.05, 0) is 49.2 Å². The molecule has 2 N–H and O–H groups in total.